The molecule has 0 aliphatic heterocycles. The van der Waals surface area contributed by atoms with E-state index >= 15 is 0 Å². The van der Waals surface area contributed by atoms with Crippen LogP contribution in [0.25, 0.3) is 0 Å². The van der Waals surface area contributed by atoms with Crippen molar-refractivity contribution in [3.63, 3.8) is 0 Å². The molecule has 1 rings (SSSR count). The Kier molecular flexibility index (Phi) is 6.03. The van der Waals surface area contributed by atoms with E-state index in [1.165, 1.54) is 12.8 Å². The molecule has 0 aromatic carbocycles. The molecule has 0 aliphatic carbocycles. The molecule has 0 saturated carbocycles. The summed E-state index contributed by atoms with van der Waals surface area (Å²) in [5.41, 5.74) is 0. The van der Waals surface area contributed by atoms with E-state index in [1.54, 1.807) is 24.2 Å². The molecule has 1 unspecified atom stereocenters. The molecule has 2 nitrogen and oxygen atoms in total. The van der Waals surface area contributed by atoms with E-state index in [1.807, 2.05) is 6.07 Å². The summed E-state index contributed by atoms with van der Waals surface area (Å²) in [6, 6.07) is 1.84. The van der Waals surface area contributed by atoms with Crippen LogP contribution in [0, 0.1) is 5.92 Å². The van der Waals surface area contributed by atoms with Crippen LogP contribution in [0.4, 0.5) is 0 Å². The van der Waals surface area contributed by atoms with Crippen LogP contribution in [0.2, 0.25) is 0 Å². The highest BCUT2D eigenvalue weighted by Crippen LogP contribution is 2.19. The summed E-state index contributed by atoms with van der Waals surface area (Å²) in [4.78, 5) is 8.34. The highest BCUT2D eigenvalue weighted by Gasteiger charge is 2.06. The van der Waals surface area contributed by atoms with Crippen molar-refractivity contribution in [2.45, 2.75) is 24.9 Å². The van der Waals surface area contributed by atoms with E-state index in [2.05, 4.69) is 29.5 Å². The molecular formula is C10H16N2S2. The molecule has 0 radical (unpaired) electrons. The molecule has 14 heavy (non-hydrogen) atoms. The quantitative estimate of drug-likeness (QED) is 0.460. The van der Waals surface area contributed by atoms with Gasteiger partial charge in [0.25, 0.3) is 0 Å². The average molecular weight is 228 g/mol. The summed E-state index contributed by atoms with van der Waals surface area (Å²) < 4.78 is 0. The largest absolute Gasteiger partial charge is 0.231 e. The monoisotopic (exact) mass is 228 g/mol. The molecule has 78 valence electrons. The fraction of sp³-hybridized carbons (Fsp3) is 0.600. The lowest BCUT2D eigenvalue weighted by Crippen LogP contribution is -2.05. The zero-order valence-corrected chi connectivity index (χ0v) is 10.1. The first-order valence-corrected chi connectivity index (χ1v) is 6.49. The zero-order chi connectivity index (χ0) is 10.2. The minimum Gasteiger partial charge on any atom is -0.231 e. The van der Waals surface area contributed by atoms with Crippen molar-refractivity contribution in [3.8, 4) is 0 Å². The first kappa shape index (κ1) is 11.9. The van der Waals surface area contributed by atoms with Gasteiger partial charge >= 0.3 is 0 Å². The second-order valence-electron chi connectivity index (χ2n) is 3.18. The lowest BCUT2D eigenvalue weighted by Gasteiger charge is -2.11. The molecule has 0 aliphatic rings. The van der Waals surface area contributed by atoms with E-state index in [9.17, 15) is 0 Å². The van der Waals surface area contributed by atoms with Gasteiger partial charge in [-0.25, -0.2) is 9.97 Å². The summed E-state index contributed by atoms with van der Waals surface area (Å²) >= 11 is 6.06. The van der Waals surface area contributed by atoms with Gasteiger partial charge < -0.3 is 0 Å². The second-order valence-corrected chi connectivity index (χ2v) is 4.53. The van der Waals surface area contributed by atoms with Crippen LogP contribution >= 0.6 is 24.4 Å². The van der Waals surface area contributed by atoms with Crippen molar-refractivity contribution in [2.24, 2.45) is 5.92 Å². The summed E-state index contributed by atoms with van der Waals surface area (Å²) in [7, 11) is 0. The SMILES string of the molecule is CCCC(CS)CSc1ncccn1. The minimum absolute atomic E-state index is 0.678. The number of rotatable bonds is 6. The van der Waals surface area contributed by atoms with E-state index in [0.717, 1.165) is 16.7 Å². The molecule has 0 bridgehead atoms. The first-order valence-electron chi connectivity index (χ1n) is 4.87. The molecule has 1 aromatic heterocycles. The molecule has 0 amide bonds. The Balaban J connectivity index is 2.32. The third kappa shape index (κ3) is 4.33. The minimum atomic E-state index is 0.678. The Hall–Kier alpha value is -0.220. The van der Waals surface area contributed by atoms with E-state index in [0.29, 0.717) is 5.92 Å². The van der Waals surface area contributed by atoms with Crippen molar-refractivity contribution in [1.29, 1.82) is 0 Å². The zero-order valence-electron chi connectivity index (χ0n) is 8.39. The maximum absolute atomic E-state index is 4.34. The molecule has 0 spiro atoms. The lowest BCUT2D eigenvalue weighted by molar-refractivity contribution is 0.595. The number of thiol groups is 1. The highest BCUT2D eigenvalue weighted by atomic mass is 32.2. The molecule has 0 N–H and O–H groups in total. The van der Waals surface area contributed by atoms with Crippen LogP contribution in [-0.2, 0) is 0 Å². The molecule has 0 fully saturated rings. The third-order valence-corrected chi connectivity index (χ3v) is 3.57. The smallest absolute Gasteiger partial charge is 0.187 e. The van der Waals surface area contributed by atoms with Crippen molar-refractivity contribution in [2.75, 3.05) is 11.5 Å². The van der Waals surface area contributed by atoms with Crippen molar-refractivity contribution < 1.29 is 0 Å². The fourth-order valence-electron chi connectivity index (χ4n) is 1.19. The number of aromatic nitrogens is 2. The van der Waals surface area contributed by atoms with Gasteiger partial charge in [-0.1, -0.05) is 25.1 Å². The van der Waals surface area contributed by atoms with Gasteiger partial charge in [0.1, 0.15) is 0 Å². The van der Waals surface area contributed by atoms with Crippen LogP contribution in [0.5, 0.6) is 0 Å². The Morgan fingerprint density at radius 2 is 2.14 bits per heavy atom. The van der Waals surface area contributed by atoms with Crippen LogP contribution in [0.1, 0.15) is 19.8 Å². The Labute approximate surface area is 95.3 Å². The lowest BCUT2D eigenvalue weighted by atomic mass is 10.1. The molecule has 1 heterocycles. The topological polar surface area (TPSA) is 25.8 Å². The number of thioether (sulfide) groups is 1. The van der Waals surface area contributed by atoms with Gasteiger partial charge in [-0.3, -0.25) is 0 Å². The third-order valence-electron chi connectivity index (χ3n) is 1.95. The van der Waals surface area contributed by atoms with Crippen LogP contribution in [0.3, 0.4) is 0 Å². The fourth-order valence-corrected chi connectivity index (χ4v) is 2.61. The Bertz CT molecular complexity index is 241. The van der Waals surface area contributed by atoms with E-state index < -0.39 is 0 Å². The van der Waals surface area contributed by atoms with Crippen LogP contribution in [-0.4, -0.2) is 21.5 Å². The second kappa shape index (κ2) is 7.12. The summed E-state index contributed by atoms with van der Waals surface area (Å²) in [6.07, 6.45) is 6.03. The van der Waals surface area contributed by atoms with Gasteiger partial charge in [0.15, 0.2) is 5.16 Å². The van der Waals surface area contributed by atoms with Gasteiger partial charge in [0.05, 0.1) is 0 Å². The van der Waals surface area contributed by atoms with Gasteiger partial charge in [0, 0.05) is 18.1 Å². The summed E-state index contributed by atoms with van der Waals surface area (Å²) in [5, 5.41) is 0.871. The molecular weight excluding hydrogens is 212 g/mol. The predicted molar refractivity (Wildman–Crippen MR) is 65.0 cm³/mol. The first-order chi connectivity index (χ1) is 6.86. The Morgan fingerprint density at radius 1 is 1.43 bits per heavy atom. The van der Waals surface area contributed by atoms with Crippen molar-refractivity contribution in [1.82, 2.24) is 9.97 Å². The van der Waals surface area contributed by atoms with Gasteiger partial charge in [-0.05, 0) is 24.2 Å². The molecule has 1 atom stereocenters. The standard InChI is InChI=1S/C10H16N2S2/c1-2-4-9(7-13)8-14-10-11-5-3-6-12-10/h3,5-6,9,13H,2,4,7-8H2,1H3. The van der Waals surface area contributed by atoms with E-state index in [-0.39, 0.29) is 0 Å². The van der Waals surface area contributed by atoms with Gasteiger partial charge in [-0.15, -0.1) is 0 Å². The molecule has 4 heteroatoms. The van der Waals surface area contributed by atoms with Crippen molar-refractivity contribution in [3.05, 3.63) is 18.5 Å². The summed E-state index contributed by atoms with van der Waals surface area (Å²) in [5.74, 6) is 2.70. The number of hydrogen-bond donors (Lipinski definition) is 1. The molecule has 1 aromatic rings. The maximum Gasteiger partial charge on any atom is 0.187 e. The van der Waals surface area contributed by atoms with Crippen molar-refractivity contribution >= 4 is 24.4 Å². The van der Waals surface area contributed by atoms with Gasteiger partial charge in [0.2, 0.25) is 0 Å². The predicted octanol–water partition coefficient (Wildman–Crippen LogP) is 2.91. The van der Waals surface area contributed by atoms with Crippen LogP contribution < -0.4 is 0 Å². The maximum atomic E-state index is 4.34. The van der Waals surface area contributed by atoms with Gasteiger partial charge in [-0.2, -0.15) is 12.6 Å². The number of nitrogens with zero attached hydrogens (tertiary/aromatic N) is 2. The Morgan fingerprint density at radius 3 is 2.71 bits per heavy atom. The normalized spacial score (nSPS) is 12.7. The number of hydrogen-bond acceptors (Lipinski definition) is 4. The highest BCUT2D eigenvalue weighted by molar-refractivity contribution is 7.99. The average Bonchev–Trinajstić information content (AvgIpc) is 2.25. The molecule has 0 saturated heterocycles. The summed E-state index contributed by atoms with van der Waals surface area (Å²) in [6.45, 7) is 2.21. The van der Waals surface area contributed by atoms with E-state index in [4.69, 9.17) is 0 Å². The van der Waals surface area contributed by atoms with Crippen LogP contribution in [0.15, 0.2) is 23.6 Å².